The van der Waals surface area contributed by atoms with Crippen molar-refractivity contribution in [2.45, 2.75) is 37.4 Å². The third kappa shape index (κ3) is 4.04. The molecule has 0 N–H and O–H groups in total. The lowest BCUT2D eigenvalue weighted by molar-refractivity contribution is -0.293. The van der Waals surface area contributed by atoms with Crippen LogP contribution in [0.15, 0.2) is 24.3 Å². The number of benzene rings is 1. The van der Waals surface area contributed by atoms with Crippen LogP contribution in [0.2, 0.25) is 0 Å². The van der Waals surface area contributed by atoms with Crippen molar-refractivity contribution < 1.29 is 27.4 Å². The van der Waals surface area contributed by atoms with Crippen molar-refractivity contribution in [3.8, 4) is 0 Å². The molecule has 0 bridgehead atoms. The molecule has 1 aromatic carbocycles. The molecule has 0 aliphatic carbocycles. The first-order valence-electron chi connectivity index (χ1n) is 9.83. The summed E-state index contributed by atoms with van der Waals surface area (Å²) in [5.74, 6) is -1.30. The van der Waals surface area contributed by atoms with E-state index in [1.54, 1.807) is 0 Å². The average molecular weight is 398 g/mol. The summed E-state index contributed by atoms with van der Waals surface area (Å²) in [5, 5.41) is 0. The van der Waals surface area contributed by atoms with Crippen LogP contribution in [-0.4, -0.2) is 61.9 Å². The van der Waals surface area contributed by atoms with Gasteiger partial charge < -0.3 is 19.3 Å². The van der Waals surface area contributed by atoms with Crippen LogP contribution in [0.25, 0.3) is 0 Å². The highest BCUT2D eigenvalue weighted by atomic mass is 19.3. The van der Waals surface area contributed by atoms with Gasteiger partial charge in [0.05, 0.1) is 12.1 Å². The predicted molar refractivity (Wildman–Crippen MR) is 96.7 cm³/mol. The molecule has 0 radical (unpaired) electrons. The number of halogens is 3. The number of amides is 1. The number of rotatable bonds is 3. The van der Waals surface area contributed by atoms with Gasteiger partial charge in [0.15, 0.2) is 0 Å². The van der Waals surface area contributed by atoms with Gasteiger partial charge in [-0.2, -0.15) is 8.78 Å². The van der Waals surface area contributed by atoms with Gasteiger partial charge in [-0.25, -0.2) is 4.39 Å². The quantitative estimate of drug-likeness (QED) is 0.785. The fourth-order valence-corrected chi connectivity index (χ4v) is 4.39. The van der Waals surface area contributed by atoms with Gasteiger partial charge in [-0.05, 0) is 55.9 Å². The summed E-state index contributed by atoms with van der Waals surface area (Å²) in [6.07, 6.45) is -0.963. The molecular weight excluding hydrogens is 373 g/mol. The number of nitrogens with zero attached hydrogens (tertiary/aromatic N) is 2. The zero-order chi connectivity index (χ0) is 19.8. The SMILES string of the molecule is O=C1N(c2ccc(F)cc2)CC2(CCN(CC3CCOCC3)CC2)OC1(F)F. The van der Waals surface area contributed by atoms with Crippen molar-refractivity contribution in [1.82, 2.24) is 4.90 Å². The molecule has 1 spiro atoms. The van der Waals surface area contributed by atoms with Crippen molar-refractivity contribution in [2.24, 2.45) is 5.92 Å². The first kappa shape index (κ1) is 19.7. The van der Waals surface area contributed by atoms with Crippen LogP contribution in [-0.2, 0) is 14.3 Å². The molecule has 3 saturated heterocycles. The topological polar surface area (TPSA) is 42.0 Å². The van der Waals surface area contributed by atoms with Crippen molar-refractivity contribution >= 4 is 11.6 Å². The number of carbonyl (C=O) groups is 1. The highest BCUT2D eigenvalue weighted by Gasteiger charge is 2.57. The summed E-state index contributed by atoms with van der Waals surface area (Å²) in [6.45, 7) is 3.87. The third-order valence-electron chi connectivity index (χ3n) is 6.05. The molecule has 3 fully saturated rings. The van der Waals surface area contributed by atoms with Crippen LogP contribution in [0.3, 0.4) is 0 Å². The molecular formula is C20H25F3N2O3. The van der Waals surface area contributed by atoms with Crippen LogP contribution in [0.4, 0.5) is 18.9 Å². The Morgan fingerprint density at radius 2 is 1.71 bits per heavy atom. The van der Waals surface area contributed by atoms with Crippen LogP contribution in [0.5, 0.6) is 0 Å². The smallest absolute Gasteiger partial charge is 0.381 e. The molecule has 0 saturated carbocycles. The first-order valence-corrected chi connectivity index (χ1v) is 9.83. The van der Waals surface area contributed by atoms with E-state index in [9.17, 15) is 18.0 Å². The van der Waals surface area contributed by atoms with E-state index in [2.05, 4.69) is 4.90 Å². The Balaban J connectivity index is 1.45. The van der Waals surface area contributed by atoms with E-state index < -0.39 is 23.4 Å². The molecule has 3 aliphatic heterocycles. The van der Waals surface area contributed by atoms with E-state index in [1.807, 2.05) is 0 Å². The highest BCUT2D eigenvalue weighted by molar-refractivity contribution is 5.98. The molecule has 4 rings (SSSR count). The van der Waals surface area contributed by atoms with Gasteiger partial charge in [0.2, 0.25) is 0 Å². The highest BCUT2D eigenvalue weighted by Crippen LogP contribution is 2.40. The maximum absolute atomic E-state index is 14.4. The number of hydrogen-bond donors (Lipinski definition) is 0. The van der Waals surface area contributed by atoms with Gasteiger partial charge in [-0.3, -0.25) is 4.79 Å². The van der Waals surface area contributed by atoms with E-state index >= 15 is 0 Å². The van der Waals surface area contributed by atoms with Gasteiger partial charge >= 0.3 is 12.0 Å². The average Bonchev–Trinajstić information content (AvgIpc) is 2.68. The molecule has 0 unspecified atom stereocenters. The van der Waals surface area contributed by atoms with Gasteiger partial charge in [0, 0.05) is 38.5 Å². The van der Waals surface area contributed by atoms with E-state index in [0.717, 1.165) is 37.5 Å². The number of piperidine rings is 1. The van der Waals surface area contributed by atoms with Gasteiger partial charge in [-0.1, -0.05) is 0 Å². The molecule has 0 atom stereocenters. The standard InChI is InChI=1S/C20H25F3N2O3/c21-16-1-3-17(4-2-16)25-14-19(28-20(22,23)18(25)26)7-9-24(10-8-19)13-15-5-11-27-12-6-15/h1-4,15H,5-14H2. The summed E-state index contributed by atoms with van der Waals surface area (Å²) in [5.41, 5.74) is -0.823. The van der Waals surface area contributed by atoms with Crippen LogP contribution >= 0.6 is 0 Å². The molecule has 154 valence electrons. The van der Waals surface area contributed by atoms with Crippen LogP contribution < -0.4 is 4.90 Å². The van der Waals surface area contributed by atoms with Crippen molar-refractivity contribution in [3.05, 3.63) is 30.1 Å². The van der Waals surface area contributed by atoms with Crippen molar-refractivity contribution in [2.75, 3.05) is 44.3 Å². The van der Waals surface area contributed by atoms with E-state index in [-0.39, 0.29) is 12.2 Å². The Labute approximate surface area is 162 Å². The predicted octanol–water partition coefficient (Wildman–Crippen LogP) is 3.04. The van der Waals surface area contributed by atoms with Gasteiger partial charge in [0.25, 0.3) is 0 Å². The van der Waals surface area contributed by atoms with E-state index in [0.29, 0.717) is 31.8 Å². The summed E-state index contributed by atoms with van der Waals surface area (Å²) < 4.78 is 52.5. The second-order valence-electron chi connectivity index (χ2n) is 8.03. The first-order chi connectivity index (χ1) is 13.4. The number of anilines is 1. The molecule has 1 amide bonds. The minimum atomic E-state index is -3.88. The van der Waals surface area contributed by atoms with E-state index in [1.165, 1.54) is 24.3 Å². The maximum Gasteiger partial charge on any atom is 0.437 e. The minimum Gasteiger partial charge on any atom is -0.381 e. The fraction of sp³-hybridized carbons (Fsp3) is 0.650. The lowest BCUT2D eigenvalue weighted by Gasteiger charge is -2.49. The van der Waals surface area contributed by atoms with Crippen LogP contribution in [0, 0.1) is 11.7 Å². The largest absolute Gasteiger partial charge is 0.437 e. The number of hydrogen-bond acceptors (Lipinski definition) is 4. The van der Waals surface area contributed by atoms with Crippen molar-refractivity contribution in [3.63, 3.8) is 0 Å². The van der Waals surface area contributed by atoms with Crippen molar-refractivity contribution in [1.29, 1.82) is 0 Å². The second kappa shape index (κ2) is 7.65. The molecule has 5 nitrogen and oxygen atoms in total. The number of carbonyl (C=O) groups excluding carboxylic acids is 1. The third-order valence-corrected chi connectivity index (χ3v) is 6.05. The summed E-state index contributed by atoms with van der Waals surface area (Å²) in [4.78, 5) is 15.6. The zero-order valence-electron chi connectivity index (χ0n) is 15.7. The van der Waals surface area contributed by atoms with E-state index in [4.69, 9.17) is 9.47 Å². The van der Waals surface area contributed by atoms with Gasteiger partial charge in [-0.15, -0.1) is 0 Å². The van der Waals surface area contributed by atoms with Crippen LogP contribution in [0.1, 0.15) is 25.7 Å². The normalized spacial score (nSPS) is 26.0. The molecule has 28 heavy (non-hydrogen) atoms. The summed E-state index contributed by atoms with van der Waals surface area (Å²) in [6, 6.07) is 5.03. The summed E-state index contributed by atoms with van der Waals surface area (Å²) in [7, 11) is 0. The number of alkyl halides is 2. The zero-order valence-corrected chi connectivity index (χ0v) is 15.7. The number of morpholine rings is 1. The fourth-order valence-electron chi connectivity index (χ4n) is 4.39. The molecule has 3 aliphatic rings. The minimum absolute atomic E-state index is 0.0537. The van der Waals surface area contributed by atoms with Gasteiger partial charge in [0.1, 0.15) is 5.82 Å². The molecule has 1 aromatic rings. The monoisotopic (exact) mass is 398 g/mol. The summed E-state index contributed by atoms with van der Waals surface area (Å²) >= 11 is 0. The lowest BCUT2D eigenvalue weighted by atomic mass is 9.87. The Kier molecular flexibility index (Phi) is 5.37. The second-order valence-corrected chi connectivity index (χ2v) is 8.03. The molecule has 8 heteroatoms. The molecule has 0 aromatic heterocycles. The molecule has 3 heterocycles. The Hall–Kier alpha value is -1.64. The number of ether oxygens (including phenoxy) is 2. The Morgan fingerprint density at radius 1 is 1.07 bits per heavy atom. The Morgan fingerprint density at radius 3 is 2.36 bits per heavy atom. The lowest BCUT2D eigenvalue weighted by Crippen LogP contribution is -2.65. The maximum atomic E-state index is 14.4. The number of likely N-dealkylation sites (tertiary alicyclic amines) is 1. The Bertz CT molecular complexity index is 699.